The Morgan fingerprint density at radius 3 is 1.52 bits per heavy atom. The second-order valence-electron chi connectivity index (χ2n) is 10.3. The van der Waals surface area contributed by atoms with E-state index < -0.39 is 11.2 Å². The largest absolute Gasteiger partial charge is 0.365 e. The molecule has 2 amide bonds. The van der Waals surface area contributed by atoms with Gasteiger partial charge in [-0.3, -0.25) is 20.2 Å². The quantitative estimate of drug-likeness (QED) is 0.457. The monoisotopic (exact) mass is 408 g/mol. The van der Waals surface area contributed by atoms with Gasteiger partial charge in [0.05, 0.1) is 11.1 Å². The van der Waals surface area contributed by atoms with Crippen molar-refractivity contribution in [2.45, 2.75) is 94.4 Å². The van der Waals surface area contributed by atoms with Crippen molar-refractivity contribution in [1.29, 1.82) is 0 Å². The number of carbonyl (C=O) groups is 2. The number of hydrogen-bond donors (Lipinski definition) is 2. The van der Waals surface area contributed by atoms with Gasteiger partial charge in [0.1, 0.15) is 12.3 Å². The van der Waals surface area contributed by atoms with Gasteiger partial charge in [-0.1, -0.05) is 6.42 Å². The number of fused-ring (bicyclic) bond motifs is 2. The van der Waals surface area contributed by atoms with Crippen LogP contribution in [0.25, 0.3) is 0 Å². The summed E-state index contributed by atoms with van der Waals surface area (Å²) in [6.45, 7) is 9.90. The van der Waals surface area contributed by atoms with Gasteiger partial charge in [0.2, 0.25) is 0 Å². The number of hydrogen-bond acceptors (Lipinski definition) is 6. The summed E-state index contributed by atoms with van der Waals surface area (Å²) in [6.07, 6.45) is 4.02. The molecule has 0 aliphatic carbocycles. The molecule has 0 saturated carbocycles. The van der Waals surface area contributed by atoms with E-state index in [2.05, 4.69) is 38.3 Å². The van der Waals surface area contributed by atoms with Crippen LogP contribution in [0.15, 0.2) is 0 Å². The summed E-state index contributed by atoms with van der Waals surface area (Å²) in [5, 5.41) is 6.90. The number of rotatable bonds is 8. The highest BCUT2D eigenvalue weighted by Gasteiger charge is 2.68. The van der Waals surface area contributed by atoms with Crippen LogP contribution >= 0.6 is 0 Å². The van der Waals surface area contributed by atoms with Crippen LogP contribution in [0.1, 0.15) is 59.8 Å². The maximum Gasteiger partial charge on any atom is 0.260 e. The molecule has 0 bridgehead atoms. The second kappa shape index (κ2) is 6.64. The second-order valence-corrected chi connectivity index (χ2v) is 10.3. The topological polar surface area (TPSA) is 83.1 Å². The van der Waals surface area contributed by atoms with E-state index in [1.54, 1.807) is 14.2 Å². The minimum atomic E-state index is -0.743. The molecule has 164 valence electrons. The summed E-state index contributed by atoms with van der Waals surface area (Å²) in [6, 6.07) is 0. The summed E-state index contributed by atoms with van der Waals surface area (Å²) >= 11 is 0. The molecule has 29 heavy (non-hydrogen) atoms. The third-order valence-electron chi connectivity index (χ3n) is 7.65. The fraction of sp³-hybridized carbons (Fsp3) is 0.905. The summed E-state index contributed by atoms with van der Waals surface area (Å²) in [4.78, 5) is 29.5. The van der Waals surface area contributed by atoms with Gasteiger partial charge in [0.25, 0.3) is 11.8 Å². The Hall–Kier alpha value is -1.22. The van der Waals surface area contributed by atoms with Crippen LogP contribution in [-0.4, -0.2) is 83.5 Å². The fourth-order valence-electron chi connectivity index (χ4n) is 5.83. The Labute approximate surface area is 173 Å². The Bertz CT molecular complexity index is 653. The van der Waals surface area contributed by atoms with Crippen molar-refractivity contribution in [2.75, 3.05) is 27.3 Å². The molecular formula is C21H36N4O4. The van der Waals surface area contributed by atoms with E-state index in [0.29, 0.717) is 12.8 Å². The van der Waals surface area contributed by atoms with Gasteiger partial charge < -0.3 is 19.3 Å². The Morgan fingerprint density at radius 2 is 1.17 bits per heavy atom. The van der Waals surface area contributed by atoms with Gasteiger partial charge in [-0.2, -0.15) is 0 Å². The lowest BCUT2D eigenvalue weighted by Crippen LogP contribution is -2.77. The van der Waals surface area contributed by atoms with Crippen LogP contribution in [0, 0.1) is 0 Å². The highest BCUT2D eigenvalue weighted by molar-refractivity contribution is 5.94. The van der Waals surface area contributed by atoms with Gasteiger partial charge in [-0.15, -0.1) is 0 Å². The zero-order valence-electron chi connectivity index (χ0n) is 18.6. The molecule has 2 unspecified atom stereocenters. The van der Waals surface area contributed by atoms with E-state index >= 15 is 0 Å². The predicted octanol–water partition coefficient (Wildman–Crippen LogP) is 0.808. The molecule has 8 heteroatoms. The lowest BCUT2D eigenvalue weighted by molar-refractivity contribution is -0.206. The molecule has 4 aliphatic heterocycles. The van der Waals surface area contributed by atoms with Gasteiger partial charge in [0.15, 0.2) is 11.2 Å². The van der Waals surface area contributed by atoms with E-state index in [4.69, 9.17) is 9.47 Å². The number of ether oxygens (including phenoxy) is 2. The lowest BCUT2D eigenvalue weighted by atomic mass is 9.79. The van der Waals surface area contributed by atoms with Gasteiger partial charge in [0, 0.05) is 27.3 Å². The number of nitrogens with one attached hydrogen (secondary N) is 2. The molecule has 0 aromatic heterocycles. The predicted molar refractivity (Wildman–Crippen MR) is 108 cm³/mol. The van der Waals surface area contributed by atoms with E-state index in [-0.39, 0.29) is 35.2 Å². The molecule has 4 heterocycles. The van der Waals surface area contributed by atoms with Crippen molar-refractivity contribution in [2.24, 2.45) is 0 Å². The third-order valence-corrected chi connectivity index (χ3v) is 7.65. The van der Waals surface area contributed by atoms with Gasteiger partial charge >= 0.3 is 0 Å². The standard InChI is InChI=1S/C21H36N4O4/c1-18(2)12-22-14-20(28-5,16(26)24(14)18)10-8-7-9-11-21(29-6)15-23-13-19(3,4)25(15)17(21)27/h14-15,22-23H,7-13H2,1-6H3/t14?,15?,20-,21-/m1/s1. The minimum absolute atomic E-state index is 0.0352. The van der Waals surface area contributed by atoms with Crippen molar-refractivity contribution in [3.63, 3.8) is 0 Å². The Morgan fingerprint density at radius 1 is 0.793 bits per heavy atom. The smallest absolute Gasteiger partial charge is 0.260 e. The molecule has 4 aliphatic rings. The van der Waals surface area contributed by atoms with E-state index in [1.807, 2.05) is 9.80 Å². The van der Waals surface area contributed by atoms with Crippen molar-refractivity contribution in [3.8, 4) is 0 Å². The average molecular weight is 409 g/mol. The minimum Gasteiger partial charge on any atom is -0.365 e. The van der Waals surface area contributed by atoms with Gasteiger partial charge in [-0.25, -0.2) is 0 Å². The molecule has 2 N–H and O–H groups in total. The fourth-order valence-corrected chi connectivity index (χ4v) is 5.83. The van der Waals surface area contributed by atoms with E-state index in [9.17, 15) is 9.59 Å². The zero-order valence-corrected chi connectivity index (χ0v) is 18.6. The van der Waals surface area contributed by atoms with Crippen molar-refractivity contribution in [3.05, 3.63) is 0 Å². The first-order valence-corrected chi connectivity index (χ1v) is 10.8. The Kier molecular flexibility index (Phi) is 4.81. The SMILES string of the molecule is CO[C@@]1(CCCCC[C@]2(OC)C(=O)N3C2NCC3(C)C)C(=O)N2C1NCC2(C)C. The normalized spacial score (nSPS) is 39.2. The maximum atomic E-state index is 12.8. The summed E-state index contributed by atoms with van der Waals surface area (Å²) in [5.74, 6) is 0.186. The van der Waals surface area contributed by atoms with Crippen LogP contribution in [-0.2, 0) is 19.1 Å². The lowest BCUT2D eigenvalue weighted by Gasteiger charge is -2.55. The third kappa shape index (κ3) is 2.65. The number of nitrogens with zero attached hydrogens (tertiary/aromatic N) is 2. The highest BCUT2D eigenvalue weighted by Crippen LogP contribution is 2.46. The molecule has 8 nitrogen and oxygen atoms in total. The van der Waals surface area contributed by atoms with Crippen molar-refractivity contribution >= 4 is 11.8 Å². The maximum absolute atomic E-state index is 12.8. The number of methoxy groups -OCH3 is 2. The average Bonchev–Trinajstić information content (AvgIpc) is 3.12. The van der Waals surface area contributed by atoms with Crippen molar-refractivity contribution in [1.82, 2.24) is 20.4 Å². The Balaban J connectivity index is 1.29. The van der Waals surface area contributed by atoms with Crippen LogP contribution < -0.4 is 10.6 Å². The first kappa shape index (κ1) is 21.0. The van der Waals surface area contributed by atoms with Crippen LogP contribution in [0.2, 0.25) is 0 Å². The van der Waals surface area contributed by atoms with E-state index in [1.165, 1.54) is 0 Å². The first-order valence-electron chi connectivity index (χ1n) is 10.8. The van der Waals surface area contributed by atoms with E-state index in [0.717, 1.165) is 32.4 Å². The molecule has 4 saturated heterocycles. The van der Waals surface area contributed by atoms with Crippen LogP contribution in [0.3, 0.4) is 0 Å². The zero-order chi connectivity index (χ0) is 21.2. The molecule has 0 aromatic rings. The molecule has 0 aromatic carbocycles. The van der Waals surface area contributed by atoms with Crippen molar-refractivity contribution < 1.29 is 19.1 Å². The molecule has 4 rings (SSSR count). The van der Waals surface area contributed by atoms with Crippen LogP contribution in [0.4, 0.5) is 0 Å². The first-order chi connectivity index (χ1) is 13.6. The molecule has 0 radical (unpaired) electrons. The molecule has 4 atom stereocenters. The number of β-lactam (4-membered cyclic amide) rings is 2. The number of unbranched alkanes of at least 4 members (excludes halogenated alkanes) is 2. The van der Waals surface area contributed by atoms with Crippen LogP contribution in [0.5, 0.6) is 0 Å². The summed E-state index contributed by atoms with van der Waals surface area (Å²) in [7, 11) is 3.27. The summed E-state index contributed by atoms with van der Waals surface area (Å²) < 4.78 is 11.5. The number of carbonyl (C=O) groups excluding carboxylic acids is 2. The highest BCUT2D eigenvalue weighted by atomic mass is 16.5. The molecule has 4 fully saturated rings. The number of amides is 2. The molecule has 0 spiro atoms. The summed E-state index contributed by atoms with van der Waals surface area (Å²) in [5.41, 5.74) is -1.81. The molecular weight excluding hydrogens is 372 g/mol. The van der Waals surface area contributed by atoms with Gasteiger partial charge in [-0.05, 0) is 53.4 Å².